The average Bonchev–Trinajstić information content (AvgIpc) is 3.62. The lowest BCUT2D eigenvalue weighted by Crippen LogP contribution is -2.38. The molecule has 0 unspecified atom stereocenters. The third kappa shape index (κ3) is 4.31. The van der Waals surface area contributed by atoms with Crippen LogP contribution in [0.3, 0.4) is 0 Å². The maximum atomic E-state index is 14.1. The molecule has 5 nitrogen and oxygen atoms in total. The number of aromatic nitrogens is 1. The van der Waals surface area contributed by atoms with Crippen LogP contribution >= 0.6 is 11.3 Å². The van der Waals surface area contributed by atoms with Crippen molar-refractivity contribution >= 4 is 28.8 Å². The van der Waals surface area contributed by atoms with E-state index in [1.807, 2.05) is 23.6 Å². The Kier molecular flexibility index (Phi) is 6.43. The number of fused-ring (bicyclic) bond motifs is 3. The molecule has 0 radical (unpaired) electrons. The van der Waals surface area contributed by atoms with Gasteiger partial charge in [-0.15, -0.1) is 0 Å². The van der Waals surface area contributed by atoms with E-state index in [4.69, 9.17) is 9.73 Å². The predicted octanol–water partition coefficient (Wildman–Crippen LogP) is 5.63. The predicted molar refractivity (Wildman–Crippen MR) is 163 cm³/mol. The molecule has 3 aliphatic rings. The molecule has 3 aromatic carbocycles. The van der Waals surface area contributed by atoms with E-state index in [1.54, 1.807) is 0 Å². The second-order valence-corrected chi connectivity index (χ2v) is 11.9. The molecule has 2 aliphatic heterocycles. The Labute approximate surface area is 238 Å². The summed E-state index contributed by atoms with van der Waals surface area (Å²) in [5, 5.41) is 0. The molecule has 0 spiro atoms. The lowest BCUT2D eigenvalue weighted by Gasteiger charge is -2.30. The third-order valence-electron chi connectivity index (χ3n) is 8.39. The van der Waals surface area contributed by atoms with Crippen LogP contribution in [-0.2, 0) is 6.42 Å². The monoisotopic (exact) mass is 547 g/mol. The van der Waals surface area contributed by atoms with E-state index in [2.05, 4.69) is 72.5 Å². The van der Waals surface area contributed by atoms with Crippen LogP contribution in [0.5, 0.6) is 5.75 Å². The number of aryl methyl sites for hydroxylation is 2. The highest BCUT2D eigenvalue weighted by Gasteiger charge is 2.32. The summed E-state index contributed by atoms with van der Waals surface area (Å²) in [6.07, 6.45) is 6.40. The molecule has 3 heterocycles. The molecule has 1 saturated heterocycles. The van der Waals surface area contributed by atoms with Crippen LogP contribution in [0.4, 0.5) is 5.69 Å². The first-order chi connectivity index (χ1) is 19.6. The van der Waals surface area contributed by atoms with E-state index in [0.717, 1.165) is 57.8 Å². The summed E-state index contributed by atoms with van der Waals surface area (Å²) in [6.45, 7) is 7.00. The lowest BCUT2D eigenvalue weighted by molar-refractivity contribution is 0.340. The Hall–Kier alpha value is -3.90. The second kappa shape index (κ2) is 10.3. The summed E-state index contributed by atoms with van der Waals surface area (Å²) in [5.74, 6) is 0.842. The zero-order valence-electron chi connectivity index (χ0n) is 23.0. The molecular weight excluding hydrogens is 514 g/mol. The van der Waals surface area contributed by atoms with Crippen LogP contribution in [0.2, 0.25) is 0 Å². The highest BCUT2D eigenvalue weighted by molar-refractivity contribution is 7.07. The Bertz CT molecular complexity index is 1810. The van der Waals surface area contributed by atoms with E-state index in [9.17, 15) is 4.79 Å². The Balaban J connectivity index is 1.38. The van der Waals surface area contributed by atoms with Crippen molar-refractivity contribution in [3.63, 3.8) is 0 Å². The molecule has 1 aromatic heterocycles. The SMILES string of the molecule is CCOc1ccc([C@@H]2C3=C(N=c4sc(=Cc5ccc(N6CCCC6)cc5C)c(=O)n42)c2ccccc2CC3)cc1. The molecule has 1 atom stereocenters. The number of anilines is 1. The highest BCUT2D eigenvalue weighted by Crippen LogP contribution is 2.41. The number of thiazole rings is 1. The van der Waals surface area contributed by atoms with Crippen molar-refractivity contribution in [2.24, 2.45) is 4.99 Å². The molecule has 40 heavy (non-hydrogen) atoms. The zero-order valence-corrected chi connectivity index (χ0v) is 23.8. The number of nitrogens with zero attached hydrogens (tertiary/aromatic N) is 3. The van der Waals surface area contributed by atoms with Crippen LogP contribution in [0, 0.1) is 6.92 Å². The normalized spacial score (nSPS) is 18.3. The first-order valence-electron chi connectivity index (χ1n) is 14.3. The van der Waals surface area contributed by atoms with Crippen LogP contribution in [0.1, 0.15) is 60.0 Å². The van der Waals surface area contributed by atoms with Gasteiger partial charge in [0.05, 0.1) is 22.9 Å². The van der Waals surface area contributed by atoms with Crippen LogP contribution < -0.4 is 24.5 Å². The van der Waals surface area contributed by atoms with Gasteiger partial charge < -0.3 is 9.64 Å². The van der Waals surface area contributed by atoms with Crippen molar-refractivity contribution < 1.29 is 4.74 Å². The minimum atomic E-state index is -0.184. The molecule has 0 amide bonds. The minimum Gasteiger partial charge on any atom is -0.494 e. The van der Waals surface area contributed by atoms with Crippen LogP contribution in [0.25, 0.3) is 11.8 Å². The van der Waals surface area contributed by atoms with Crippen molar-refractivity contribution in [3.8, 4) is 5.75 Å². The van der Waals surface area contributed by atoms with Gasteiger partial charge in [0.15, 0.2) is 4.80 Å². The van der Waals surface area contributed by atoms with Gasteiger partial charge in [-0.3, -0.25) is 9.36 Å². The molecule has 0 bridgehead atoms. The van der Waals surface area contributed by atoms with Gasteiger partial charge in [0.2, 0.25) is 0 Å². The van der Waals surface area contributed by atoms with Crippen LogP contribution in [-0.4, -0.2) is 24.3 Å². The maximum Gasteiger partial charge on any atom is 0.271 e. The number of allylic oxidation sites excluding steroid dienone is 1. The zero-order chi connectivity index (χ0) is 27.2. The molecule has 4 aromatic rings. The summed E-state index contributed by atoms with van der Waals surface area (Å²) in [7, 11) is 0. The van der Waals surface area contributed by atoms with Crippen LogP contribution in [0.15, 0.2) is 82.1 Å². The Morgan fingerprint density at radius 2 is 1.82 bits per heavy atom. The van der Waals surface area contributed by atoms with Gasteiger partial charge in [-0.25, -0.2) is 4.99 Å². The molecule has 0 N–H and O–H groups in total. The van der Waals surface area contributed by atoms with Gasteiger partial charge >= 0.3 is 0 Å². The van der Waals surface area contributed by atoms with Crippen molar-refractivity contribution in [2.75, 3.05) is 24.6 Å². The Morgan fingerprint density at radius 1 is 1.02 bits per heavy atom. The first-order valence-corrected chi connectivity index (χ1v) is 15.1. The Morgan fingerprint density at radius 3 is 2.60 bits per heavy atom. The summed E-state index contributed by atoms with van der Waals surface area (Å²) in [5.41, 5.74) is 9.41. The fourth-order valence-electron chi connectivity index (χ4n) is 6.37. The van der Waals surface area contributed by atoms with Gasteiger partial charge in [-0.2, -0.15) is 0 Å². The maximum absolute atomic E-state index is 14.1. The number of benzene rings is 3. The molecule has 0 saturated carbocycles. The summed E-state index contributed by atoms with van der Waals surface area (Å²) < 4.78 is 8.36. The summed E-state index contributed by atoms with van der Waals surface area (Å²) >= 11 is 1.49. The van der Waals surface area contributed by atoms with Crippen molar-refractivity contribution in [1.82, 2.24) is 4.57 Å². The van der Waals surface area contributed by atoms with Gasteiger partial charge in [0.25, 0.3) is 5.56 Å². The van der Waals surface area contributed by atoms with Gasteiger partial charge in [-0.1, -0.05) is 53.8 Å². The third-order valence-corrected chi connectivity index (χ3v) is 9.37. The number of hydrogen-bond acceptors (Lipinski definition) is 5. The van der Waals surface area contributed by atoms with E-state index in [1.165, 1.54) is 52.1 Å². The molecule has 1 aliphatic carbocycles. The highest BCUT2D eigenvalue weighted by atomic mass is 32.1. The average molecular weight is 548 g/mol. The van der Waals surface area contributed by atoms with E-state index >= 15 is 0 Å². The van der Waals surface area contributed by atoms with E-state index in [-0.39, 0.29) is 11.6 Å². The molecule has 7 rings (SSSR count). The fraction of sp³-hybridized carbons (Fsp3) is 0.294. The number of ether oxygens (including phenoxy) is 1. The lowest BCUT2D eigenvalue weighted by atomic mass is 9.83. The molecule has 202 valence electrons. The van der Waals surface area contributed by atoms with Crippen molar-refractivity contribution in [2.45, 2.75) is 45.6 Å². The van der Waals surface area contributed by atoms with Gasteiger partial charge in [0.1, 0.15) is 5.75 Å². The topological polar surface area (TPSA) is 46.8 Å². The minimum absolute atomic E-state index is 0.0241. The summed E-state index contributed by atoms with van der Waals surface area (Å²) in [4.78, 5) is 22.5. The molecule has 6 heteroatoms. The number of rotatable bonds is 5. The quantitative estimate of drug-likeness (QED) is 0.326. The largest absolute Gasteiger partial charge is 0.494 e. The van der Waals surface area contributed by atoms with Crippen molar-refractivity contribution in [1.29, 1.82) is 0 Å². The second-order valence-electron chi connectivity index (χ2n) is 10.9. The summed E-state index contributed by atoms with van der Waals surface area (Å²) in [6, 6.07) is 23.2. The number of hydrogen-bond donors (Lipinski definition) is 0. The van der Waals surface area contributed by atoms with Gasteiger partial charge in [-0.05, 0) is 97.7 Å². The van der Waals surface area contributed by atoms with E-state index in [0.29, 0.717) is 6.61 Å². The molecular formula is C34H33N3O2S. The standard InChI is InChI=1S/C34H33N3O2S/c1-3-39-27-15-11-24(12-16-27)32-29-17-13-23-8-4-5-9-28(23)31(29)35-34-37(32)33(38)30(40-34)21-25-10-14-26(20-22(25)2)36-18-6-7-19-36/h4-5,8-12,14-16,20-21,32H,3,6-7,13,17-19H2,1-2H3/t32-/m1/s1. The van der Waals surface area contributed by atoms with Gasteiger partial charge in [0, 0.05) is 24.3 Å². The fourth-order valence-corrected chi connectivity index (χ4v) is 7.36. The van der Waals surface area contributed by atoms with Crippen molar-refractivity contribution in [3.05, 3.63) is 120 Å². The first kappa shape index (κ1) is 25.1. The van der Waals surface area contributed by atoms with E-state index < -0.39 is 0 Å². The molecule has 1 fully saturated rings. The smallest absolute Gasteiger partial charge is 0.271 e.